The second kappa shape index (κ2) is 10.4. The largest absolute Gasteiger partial charge is 0.458 e. The zero-order valence-electron chi connectivity index (χ0n) is 24.5. The lowest BCUT2D eigenvalue weighted by molar-refractivity contribution is 0.467. The van der Waals surface area contributed by atoms with Gasteiger partial charge in [0, 0.05) is 16.6 Å². The summed E-state index contributed by atoms with van der Waals surface area (Å²) >= 11 is 0. The molecule has 0 unspecified atom stereocenters. The highest BCUT2D eigenvalue weighted by Crippen LogP contribution is 2.46. The Bertz CT molecular complexity index is 2030. The maximum absolute atomic E-state index is 6.83. The van der Waals surface area contributed by atoms with Crippen LogP contribution in [0.2, 0.25) is 0 Å². The molecule has 2 aliphatic heterocycles. The molecule has 0 aromatic heterocycles. The molecule has 0 bridgehead atoms. The molecule has 0 spiro atoms. The van der Waals surface area contributed by atoms with Crippen molar-refractivity contribution < 1.29 is 9.47 Å². The SMILES string of the molecule is c1ccc(-c2ccc(-c3cc(-c4ccc(-c5ccccc5)cc4)c4c5c3Oc3ccccc3B5c3ccccc3O4)cc2)cc1. The van der Waals surface area contributed by atoms with Gasteiger partial charge in [-0.15, -0.1) is 0 Å². The third-order valence-corrected chi connectivity index (χ3v) is 9.05. The molecule has 7 aromatic carbocycles. The van der Waals surface area contributed by atoms with Crippen LogP contribution in [0.15, 0.2) is 164 Å². The van der Waals surface area contributed by atoms with Gasteiger partial charge in [0.15, 0.2) is 0 Å². The van der Waals surface area contributed by atoms with E-state index in [1.54, 1.807) is 0 Å². The molecule has 0 amide bonds. The molecule has 7 aromatic rings. The normalized spacial score (nSPS) is 12.3. The van der Waals surface area contributed by atoms with Gasteiger partial charge in [0.1, 0.15) is 23.0 Å². The maximum Gasteiger partial charge on any atom is 0.260 e. The van der Waals surface area contributed by atoms with Crippen LogP contribution in [0.4, 0.5) is 0 Å². The van der Waals surface area contributed by atoms with Crippen LogP contribution in [0, 0.1) is 0 Å². The summed E-state index contributed by atoms with van der Waals surface area (Å²) in [5, 5.41) is 0. The van der Waals surface area contributed by atoms with Gasteiger partial charge >= 0.3 is 0 Å². The number of rotatable bonds is 4. The first kappa shape index (κ1) is 25.7. The molecule has 2 nitrogen and oxygen atoms in total. The highest BCUT2D eigenvalue weighted by molar-refractivity contribution is 6.98. The number of hydrogen-bond donors (Lipinski definition) is 0. The molecule has 2 heterocycles. The lowest BCUT2D eigenvalue weighted by Gasteiger charge is -2.35. The quantitative estimate of drug-likeness (QED) is 0.195. The molecular formula is C42H27BO2. The van der Waals surface area contributed by atoms with E-state index in [9.17, 15) is 0 Å². The van der Waals surface area contributed by atoms with Gasteiger partial charge in [-0.3, -0.25) is 0 Å². The third kappa shape index (κ3) is 4.28. The van der Waals surface area contributed by atoms with Crippen molar-refractivity contribution in [2.45, 2.75) is 0 Å². The van der Waals surface area contributed by atoms with E-state index in [2.05, 4.69) is 152 Å². The van der Waals surface area contributed by atoms with Crippen molar-refractivity contribution >= 4 is 23.1 Å². The van der Waals surface area contributed by atoms with Crippen LogP contribution in [0.5, 0.6) is 23.0 Å². The second-order valence-electron chi connectivity index (χ2n) is 11.6. The monoisotopic (exact) mass is 574 g/mol. The summed E-state index contributed by atoms with van der Waals surface area (Å²) in [6.45, 7) is -0.00390. The van der Waals surface area contributed by atoms with Gasteiger partial charge in [-0.05, 0) is 62.5 Å². The topological polar surface area (TPSA) is 18.5 Å². The Hall–Kier alpha value is -5.80. The summed E-state index contributed by atoms with van der Waals surface area (Å²) < 4.78 is 13.7. The van der Waals surface area contributed by atoms with Crippen molar-refractivity contribution in [3.63, 3.8) is 0 Å². The molecule has 0 atom stereocenters. The molecule has 210 valence electrons. The fourth-order valence-electron chi connectivity index (χ4n) is 6.85. The predicted molar refractivity (Wildman–Crippen MR) is 186 cm³/mol. The van der Waals surface area contributed by atoms with Crippen LogP contribution in [-0.2, 0) is 0 Å². The Morgan fingerprint density at radius 1 is 0.333 bits per heavy atom. The summed E-state index contributed by atoms with van der Waals surface area (Å²) in [6, 6.07) is 57.7. The highest BCUT2D eigenvalue weighted by Gasteiger charge is 2.42. The number of ether oxygens (including phenoxy) is 2. The van der Waals surface area contributed by atoms with Gasteiger partial charge in [-0.25, -0.2) is 0 Å². The fourth-order valence-corrected chi connectivity index (χ4v) is 6.85. The molecule has 3 heteroatoms. The first-order chi connectivity index (χ1) is 22.3. The van der Waals surface area contributed by atoms with E-state index in [0.29, 0.717) is 0 Å². The van der Waals surface area contributed by atoms with Crippen molar-refractivity contribution in [1.82, 2.24) is 0 Å². The molecule has 0 fully saturated rings. The average molecular weight is 574 g/mol. The summed E-state index contributed by atoms with van der Waals surface area (Å²) in [5.74, 6) is 3.50. The van der Waals surface area contributed by atoms with Crippen molar-refractivity contribution in [3.8, 4) is 67.5 Å². The van der Waals surface area contributed by atoms with Crippen molar-refractivity contribution in [1.29, 1.82) is 0 Å². The molecule has 0 aliphatic carbocycles. The fraction of sp³-hybridized carbons (Fsp3) is 0. The molecule has 0 saturated carbocycles. The summed E-state index contributed by atoms with van der Waals surface area (Å²) in [7, 11) is 0. The third-order valence-electron chi connectivity index (χ3n) is 9.05. The molecule has 9 rings (SSSR count). The minimum absolute atomic E-state index is 0.00390. The van der Waals surface area contributed by atoms with Crippen LogP contribution in [0.1, 0.15) is 0 Å². The Balaban J connectivity index is 1.27. The Morgan fingerprint density at radius 2 is 0.689 bits per heavy atom. The number of benzene rings is 7. The van der Waals surface area contributed by atoms with Gasteiger partial charge in [-0.1, -0.05) is 146 Å². The molecule has 0 radical (unpaired) electrons. The van der Waals surface area contributed by atoms with E-state index in [0.717, 1.165) is 61.6 Å². The minimum Gasteiger partial charge on any atom is -0.458 e. The Labute approximate surface area is 263 Å². The minimum atomic E-state index is -0.00390. The smallest absolute Gasteiger partial charge is 0.260 e. The van der Waals surface area contributed by atoms with E-state index in [1.165, 1.54) is 22.3 Å². The molecule has 2 aliphatic rings. The van der Waals surface area contributed by atoms with Crippen molar-refractivity contribution in [2.24, 2.45) is 0 Å². The lowest BCUT2D eigenvalue weighted by atomic mass is 9.34. The molecular weight excluding hydrogens is 547 g/mol. The summed E-state index contributed by atoms with van der Waals surface area (Å²) in [6.07, 6.45) is 0. The lowest BCUT2D eigenvalue weighted by Crippen LogP contribution is -2.57. The van der Waals surface area contributed by atoms with E-state index in [1.807, 2.05) is 12.1 Å². The Morgan fingerprint density at radius 3 is 1.13 bits per heavy atom. The first-order valence-electron chi connectivity index (χ1n) is 15.4. The number of hydrogen-bond acceptors (Lipinski definition) is 2. The van der Waals surface area contributed by atoms with Crippen LogP contribution >= 0.6 is 0 Å². The zero-order chi connectivity index (χ0) is 29.7. The van der Waals surface area contributed by atoms with Crippen LogP contribution in [-0.4, -0.2) is 6.71 Å². The van der Waals surface area contributed by atoms with E-state index in [4.69, 9.17) is 9.47 Å². The van der Waals surface area contributed by atoms with E-state index < -0.39 is 0 Å². The van der Waals surface area contributed by atoms with Gasteiger partial charge in [0.2, 0.25) is 0 Å². The van der Waals surface area contributed by atoms with Crippen LogP contribution in [0.3, 0.4) is 0 Å². The number of fused-ring (bicyclic) bond motifs is 4. The molecule has 0 saturated heterocycles. The highest BCUT2D eigenvalue weighted by atomic mass is 16.5. The van der Waals surface area contributed by atoms with E-state index >= 15 is 0 Å². The Kier molecular flexibility index (Phi) is 5.95. The zero-order valence-corrected chi connectivity index (χ0v) is 24.5. The number of para-hydroxylation sites is 2. The summed E-state index contributed by atoms with van der Waals surface area (Å²) in [5.41, 5.74) is 12.5. The van der Waals surface area contributed by atoms with Gasteiger partial charge in [0.05, 0.1) is 0 Å². The molecule has 0 N–H and O–H groups in total. The van der Waals surface area contributed by atoms with Crippen LogP contribution in [0.25, 0.3) is 44.5 Å². The molecule has 45 heavy (non-hydrogen) atoms. The van der Waals surface area contributed by atoms with Gasteiger partial charge in [-0.2, -0.15) is 0 Å². The van der Waals surface area contributed by atoms with Crippen molar-refractivity contribution in [2.75, 3.05) is 0 Å². The van der Waals surface area contributed by atoms with Gasteiger partial charge in [0.25, 0.3) is 6.71 Å². The van der Waals surface area contributed by atoms with Crippen LogP contribution < -0.4 is 25.9 Å². The standard InChI is InChI=1S/C42H27BO2/c1-3-11-28(12-4-1)30-19-23-32(24-20-30)34-27-35(33-25-21-31(22-26-33)29-13-5-2-6-14-29)42-40-41(34)44-38-17-9-7-15-36(38)43(40)37-16-8-10-18-39(37)45-42/h1-27H. The van der Waals surface area contributed by atoms with Crippen molar-refractivity contribution in [3.05, 3.63) is 164 Å². The average Bonchev–Trinajstić information content (AvgIpc) is 3.12. The maximum atomic E-state index is 6.83. The predicted octanol–water partition coefficient (Wildman–Crippen LogP) is 9.08. The van der Waals surface area contributed by atoms with E-state index in [-0.39, 0.29) is 6.71 Å². The summed E-state index contributed by atoms with van der Waals surface area (Å²) in [4.78, 5) is 0. The van der Waals surface area contributed by atoms with Gasteiger partial charge < -0.3 is 9.47 Å². The first-order valence-corrected chi connectivity index (χ1v) is 15.4. The second-order valence-corrected chi connectivity index (χ2v) is 11.6.